The number of hydrogen-bond donors (Lipinski definition) is 1. The van der Waals surface area contributed by atoms with Crippen molar-refractivity contribution >= 4 is 18.0 Å². The van der Waals surface area contributed by atoms with Gasteiger partial charge in [0.05, 0.1) is 33.0 Å². The molecule has 1 aliphatic heterocycles. The van der Waals surface area contributed by atoms with Crippen molar-refractivity contribution in [2.45, 2.75) is 6.04 Å². The number of morpholine rings is 1. The number of ether oxygens (including phenoxy) is 4. The highest BCUT2D eigenvalue weighted by Gasteiger charge is 2.34. The van der Waals surface area contributed by atoms with Gasteiger partial charge in [0, 0.05) is 6.54 Å². The molecule has 0 bridgehead atoms. The molecule has 0 radical (unpaired) electrons. The summed E-state index contributed by atoms with van der Waals surface area (Å²) in [7, 11) is 2.39. The third-order valence-corrected chi connectivity index (χ3v) is 4.30. The van der Waals surface area contributed by atoms with Crippen LogP contribution in [0.3, 0.4) is 0 Å². The van der Waals surface area contributed by atoms with Gasteiger partial charge in [-0.05, 0) is 12.1 Å². The summed E-state index contributed by atoms with van der Waals surface area (Å²) in [4.78, 5) is 45.8. The molecule has 2 aromatic rings. The van der Waals surface area contributed by atoms with Gasteiger partial charge in [-0.2, -0.15) is 4.98 Å². The fourth-order valence-electron chi connectivity index (χ4n) is 2.83. The summed E-state index contributed by atoms with van der Waals surface area (Å²) in [5.41, 5.74) is -0.142. The number of carbonyl (C=O) groups excluding carboxylic acids is 2. The highest BCUT2D eigenvalue weighted by Crippen LogP contribution is 2.33. The Morgan fingerprint density at radius 2 is 1.87 bits per heavy atom. The van der Waals surface area contributed by atoms with E-state index in [0.717, 1.165) is 12.0 Å². The van der Waals surface area contributed by atoms with Crippen LogP contribution in [0.2, 0.25) is 0 Å². The summed E-state index contributed by atoms with van der Waals surface area (Å²) >= 11 is 0. The largest absolute Gasteiger partial charge is 0.478 e. The zero-order valence-corrected chi connectivity index (χ0v) is 16.2. The summed E-state index contributed by atoms with van der Waals surface area (Å²) in [5.74, 6) is -2.27. The van der Waals surface area contributed by atoms with E-state index in [4.69, 9.17) is 18.9 Å². The minimum absolute atomic E-state index is 0.0147. The van der Waals surface area contributed by atoms with E-state index >= 15 is 0 Å². The van der Waals surface area contributed by atoms with Gasteiger partial charge in [-0.25, -0.2) is 19.4 Å². The molecule has 1 amide bonds. The molecule has 1 N–H and O–H groups in total. The van der Waals surface area contributed by atoms with E-state index < -0.39 is 24.1 Å². The Bertz CT molecular complexity index is 950. The van der Waals surface area contributed by atoms with Gasteiger partial charge in [0.2, 0.25) is 5.75 Å². The minimum Gasteiger partial charge on any atom is -0.478 e. The molecule has 11 heteroatoms. The second-order valence-corrected chi connectivity index (χ2v) is 6.08. The van der Waals surface area contributed by atoms with Crippen LogP contribution in [0.5, 0.6) is 11.6 Å². The lowest BCUT2D eigenvalue weighted by molar-refractivity contribution is -0.00411. The summed E-state index contributed by atoms with van der Waals surface area (Å²) in [5, 5.41) is 9.44. The van der Waals surface area contributed by atoms with Crippen LogP contribution in [-0.2, 0) is 9.47 Å². The molecule has 0 spiro atoms. The molecule has 1 saturated heterocycles. The normalized spacial score (nSPS) is 15.9. The number of nitrogens with zero attached hydrogens (tertiary/aromatic N) is 3. The molecular formula is C19H19N3O8. The fraction of sp³-hybridized carbons (Fsp3) is 0.316. The van der Waals surface area contributed by atoms with Gasteiger partial charge in [-0.1, -0.05) is 18.2 Å². The van der Waals surface area contributed by atoms with E-state index in [-0.39, 0.29) is 48.5 Å². The molecule has 0 aliphatic carbocycles. The standard InChI is InChI=1S/C19H19N3O8/c1-27-16-14(30-17(23)11-6-4-3-5-7-11)13(18(24)28-2)20-15(21-16)12-10-29-9-8-22(12)19(25)26/h3-7,12H,8-10H2,1-2H3,(H,25,26). The highest BCUT2D eigenvalue weighted by molar-refractivity contribution is 5.95. The lowest BCUT2D eigenvalue weighted by Crippen LogP contribution is -2.43. The van der Waals surface area contributed by atoms with Gasteiger partial charge >= 0.3 is 18.0 Å². The quantitative estimate of drug-likeness (QED) is 0.713. The number of esters is 2. The van der Waals surface area contributed by atoms with E-state index in [1.54, 1.807) is 18.2 Å². The monoisotopic (exact) mass is 417 g/mol. The molecule has 1 aromatic carbocycles. The van der Waals surface area contributed by atoms with Crippen molar-refractivity contribution < 1.29 is 38.4 Å². The van der Waals surface area contributed by atoms with E-state index in [2.05, 4.69) is 9.97 Å². The molecule has 158 valence electrons. The van der Waals surface area contributed by atoms with Crippen molar-refractivity contribution in [2.24, 2.45) is 0 Å². The van der Waals surface area contributed by atoms with Crippen molar-refractivity contribution in [1.29, 1.82) is 0 Å². The lowest BCUT2D eigenvalue weighted by atomic mass is 10.2. The topological polar surface area (TPSA) is 137 Å². The predicted molar refractivity (Wildman–Crippen MR) is 99.6 cm³/mol. The Hall–Kier alpha value is -3.73. The molecule has 1 fully saturated rings. The number of benzene rings is 1. The van der Waals surface area contributed by atoms with Gasteiger partial charge in [0.15, 0.2) is 11.5 Å². The third-order valence-electron chi connectivity index (χ3n) is 4.30. The summed E-state index contributed by atoms with van der Waals surface area (Å²) in [6.45, 7) is 0.305. The average Bonchev–Trinajstić information content (AvgIpc) is 2.79. The van der Waals surface area contributed by atoms with E-state index in [0.29, 0.717) is 0 Å². The van der Waals surface area contributed by atoms with Gasteiger partial charge < -0.3 is 24.1 Å². The molecule has 11 nitrogen and oxygen atoms in total. The van der Waals surface area contributed by atoms with Crippen LogP contribution in [0.25, 0.3) is 0 Å². The summed E-state index contributed by atoms with van der Waals surface area (Å²) < 4.78 is 20.6. The van der Waals surface area contributed by atoms with Crippen molar-refractivity contribution in [3.8, 4) is 11.6 Å². The zero-order valence-electron chi connectivity index (χ0n) is 16.2. The van der Waals surface area contributed by atoms with Crippen LogP contribution < -0.4 is 9.47 Å². The summed E-state index contributed by atoms with van der Waals surface area (Å²) in [6, 6.07) is 7.22. The average molecular weight is 417 g/mol. The molecule has 1 unspecified atom stereocenters. The first-order valence-electron chi connectivity index (χ1n) is 8.85. The molecule has 1 aliphatic rings. The zero-order chi connectivity index (χ0) is 21.7. The third kappa shape index (κ3) is 4.30. The van der Waals surface area contributed by atoms with E-state index in [1.807, 2.05) is 0 Å². The first-order chi connectivity index (χ1) is 14.5. The Kier molecular flexibility index (Phi) is 6.42. The maximum absolute atomic E-state index is 12.5. The Morgan fingerprint density at radius 3 is 2.50 bits per heavy atom. The second-order valence-electron chi connectivity index (χ2n) is 6.08. The highest BCUT2D eigenvalue weighted by atomic mass is 16.6. The minimum atomic E-state index is -1.19. The van der Waals surface area contributed by atoms with Gasteiger partial charge in [-0.15, -0.1) is 0 Å². The summed E-state index contributed by atoms with van der Waals surface area (Å²) in [6.07, 6.45) is -1.19. The lowest BCUT2D eigenvalue weighted by Gasteiger charge is -2.32. The maximum Gasteiger partial charge on any atom is 0.408 e. The van der Waals surface area contributed by atoms with Crippen molar-refractivity contribution in [2.75, 3.05) is 34.0 Å². The molecule has 1 atom stereocenters. The van der Waals surface area contributed by atoms with Crippen LogP contribution in [-0.4, -0.2) is 72.0 Å². The molecule has 30 heavy (non-hydrogen) atoms. The van der Waals surface area contributed by atoms with Crippen LogP contribution in [0.15, 0.2) is 30.3 Å². The maximum atomic E-state index is 12.5. The number of aromatic nitrogens is 2. The van der Waals surface area contributed by atoms with E-state index in [1.165, 1.54) is 19.2 Å². The van der Waals surface area contributed by atoms with Gasteiger partial charge in [-0.3, -0.25) is 4.90 Å². The van der Waals surface area contributed by atoms with Crippen molar-refractivity contribution in [3.63, 3.8) is 0 Å². The molecule has 1 aromatic heterocycles. The van der Waals surface area contributed by atoms with Gasteiger partial charge in [0.25, 0.3) is 5.88 Å². The number of carboxylic acid groups (broad SMARTS) is 1. The Balaban J connectivity index is 2.05. The van der Waals surface area contributed by atoms with Crippen molar-refractivity contribution in [1.82, 2.24) is 14.9 Å². The van der Waals surface area contributed by atoms with Crippen LogP contribution in [0.1, 0.15) is 32.7 Å². The number of rotatable bonds is 5. The van der Waals surface area contributed by atoms with Gasteiger partial charge in [0.1, 0.15) is 6.04 Å². The molecular weight excluding hydrogens is 398 g/mol. The predicted octanol–water partition coefficient (Wildman–Crippen LogP) is 1.54. The van der Waals surface area contributed by atoms with E-state index in [9.17, 15) is 19.5 Å². The number of amides is 1. The first kappa shape index (κ1) is 21.0. The van der Waals surface area contributed by atoms with Crippen molar-refractivity contribution in [3.05, 3.63) is 47.4 Å². The Labute approximate surface area is 171 Å². The number of hydrogen-bond acceptors (Lipinski definition) is 9. The van der Waals surface area contributed by atoms with Crippen LogP contribution in [0.4, 0.5) is 4.79 Å². The van der Waals surface area contributed by atoms with Crippen LogP contribution in [0, 0.1) is 0 Å². The SMILES string of the molecule is COC(=O)c1nc(C2COCCN2C(=O)O)nc(OC)c1OC(=O)c1ccccc1. The first-order valence-corrected chi connectivity index (χ1v) is 8.85. The fourth-order valence-corrected chi connectivity index (χ4v) is 2.83. The second kappa shape index (κ2) is 9.18. The number of carbonyl (C=O) groups is 3. The molecule has 2 heterocycles. The molecule has 0 saturated carbocycles. The Morgan fingerprint density at radius 1 is 1.13 bits per heavy atom. The number of methoxy groups -OCH3 is 2. The smallest absolute Gasteiger partial charge is 0.408 e. The van der Waals surface area contributed by atoms with Crippen LogP contribution >= 0.6 is 0 Å². The molecule has 3 rings (SSSR count).